The molecule has 0 bridgehead atoms. The first-order valence-corrected chi connectivity index (χ1v) is 6.86. The van der Waals surface area contributed by atoms with Crippen LogP contribution in [0.4, 0.5) is 4.39 Å². The van der Waals surface area contributed by atoms with Crippen molar-refractivity contribution in [2.45, 2.75) is 18.9 Å². The summed E-state index contributed by atoms with van der Waals surface area (Å²) in [5, 5.41) is 7.77. The number of aromatic nitrogens is 2. The first-order chi connectivity index (χ1) is 9.78. The van der Waals surface area contributed by atoms with Gasteiger partial charge < -0.3 is 10.1 Å². The van der Waals surface area contributed by atoms with E-state index in [0.717, 1.165) is 37.1 Å². The molecule has 5 heteroatoms. The normalized spacial score (nSPS) is 16.3. The molecule has 0 spiro atoms. The summed E-state index contributed by atoms with van der Waals surface area (Å²) in [6, 6.07) is 4.96. The van der Waals surface area contributed by atoms with Gasteiger partial charge in [-0.15, -0.1) is 0 Å². The zero-order valence-corrected chi connectivity index (χ0v) is 11.5. The molecule has 1 aliphatic rings. The van der Waals surface area contributed by atoms with Crippen LogP contribution in [0.5, 0.6) is 5.75 Å². The molecule has 1 aromatic carbocycles. The Morgan fingerprint density at radius 2 is 2.15 bits per heavy atom. The van der Waals surface area contributed by atoms with Gasteiger partial charge in [0, 0.05) is 17.3 Å². The maximum atomic E-state index is 13.4. The van der Waals surface area contributed by atoms with Crippen molar-refractivity contribution in [3.63, 3.8) is 0 Å². The predicted octanol–water partition coefficient (Wildman–Crippen LogP) is 2.62. The van der Waals surface area contributed by atoms with E-state index in [0.29, 0.717) is 11.8 Å². The largest absolute Gasteiger partial charge is 0.496 e. The van der Waals surface area contributed by atoms with Crippen molar-refractivity contribution >= 4 is 0 Å². The number of halogens is 1. The summed E-state index contributed by atoms with van der Waals surface area (Å²) in [7, 11) is 1.59. The number of hydrogen-bond acceptors (Lipinski definition) is 3. The van der Waals surface area contributed by atoms with Gasteiger partial charge in [0.1, 0.15) is 11.6 Å². The fraction of sp³-hybridized carbons (Fsp3) is 0.400. The van der Waals surface area contributed by atoms with Crippen molar-refractivity contribution in [3.05, 3.63) is 36.4 Å². The minimum atomic E-state index is -0.268. The Morgan fingerprint density at radius 1 is 1.35 bits per heavy atom. The summed E-state index contributed by atoms with van der Waals surface area (Å²) in [6.45, 7) is 2.03. The Morgan fingerprint density at radius 3 is 2.90 bits per heavy atom. The third-order valence-corrected chi connectivity index (χ3v) is 3.76. The van der Waals surface area contributed by atoms with Gasteiger partial charge in [0.2, 0.25) is 0 Å². The number of nitrogens with one attached hydrogen (secondary N) is 1. The lowest BCUT2D eigenvalue weighted by molar-refractivity contribution is 0.343. The Balaban J connectivity index is 1.91. The van der Waals surface area contributed by atoms with Crippen LogP contribution in [0.1, 0.15) is 18.9 Å². The van der Waals surface area contributed by atoms with Crippen LogP contribution in [0.3, 0.4) is 0 Å². The number of nitrogens with zero attached hydrogens (tertiary/aromatic N) is 2. The van der Waals surface area contributed by atoms with Crippen molar-refractivity contribution in [2.24, 2.45) is 0 Å². The van der Waals surface area contributed by atoms with Crippen molar-refractivity contribution in [2.75, 3.05) is 20.2 Å². The van der Waals surface area contributed by atoms with Crippen LogP contribution in [0.15, 0.2) is 30.6 Å². The second-order valence-corrected chi connectivity index (χ2v) is 5.03. The molecular weight excluding hydrogens is 257 g/mol. The lowest BCUT2D eigenvalue weighted by Gasteiger charge is -2.22. The summed E-state index contributed by atoms with van der Waals surface area (Å²) < 4.78 is 20.7. The van der Waals surface area contributed by atoms with Crippen LogP contribution in [0.2, 0.25) is 0 Å². The maximum Gasteiger partial charge on any atom is 0.127 e. The van der Waals surface area contributed by atoms with Crippen LogP contribution >= 0.6 is 0 Å². The van der Waals surface area contributed by atoms with E-state index in [2.05, 4.69) is 10.4 Å². The van der Waals surface area contributed by atoms with Crippen molar-refractivity contribution in [1.29, 1.82) is 0 Å². The van der Waals surface area contributed by atoms with Crippen LogP contribution in [-0.4, -0.2) is 30.0 Å². The number of hydrogen-bond donors (Lipinski definition) is 1. The van der Waals surface area contributed by atoms with Crippen LogP contribution in [0, 0.1) is 5.82 Å². The molecule has 0 radical (unpaired) electrons. The zero-order chi connectivity index (χ0) is 13.9. The molecule has 1 fully saturated rings. The molecule has 1 saturated heterocycles. The first kappa shape index (κ1) is 13.1. The average molecular weight is 275 g/mol. The molecule has 1 N–H and O–H groups in total. The molecule has 0 saturated carbocycles. The van der Waals surface area contributed by atoms with E-state index in [4.69, 9.17) is 4.74 Å². The smallest absolute Gasteiger partial charge is 0.127 e. The van der Waals surface area contributed by atoms with Gasteiger partial charge in [-0.3, -0.25) is 4.68 Å². The van der Waals surface area contributed by atoms with E-state index >= 15 is 0 Å². The van der Waals surface area contributed by atoms with Crippen molar-refractivity contribution in [1.82, 2.24) is 15.1 Å². The number of methoxy groups -OCH3 is 1. The molecular formula is C15H18FN3O. The van der Waals surface area contributed by atoms with Crippen molar-refractivity contribution in [3.8, 4) is 16.9 Å². The van der Waals surface area contributed by atoms with Gasteiger partial charge in [-0.05, 0) is 44.1 Å². The Kier molecular flexibility index (Phi) is 3.69. The van der Waals surface area contributed by atoms with Crippen LogP contribution in [0.25, 0.3) is 11.1 Å². The van der Waals surface area contributed by atoms with Gasteiger partial charge in [-0.1, -0.05) is 0 Å². The van der Waals surface area contributed by atoms with Gasteiger partial charge in [0.25, 0.3) is 0 Å². The zero-order valence-electron chi connectivity index (χ0n) is 11.5. The Labute approximate surface area is 117 Å². The Bertz CT molecular complexity index is 591. The standard InChI is InChI=1S/C15H18FN3O/c1-20-15-3-2-12(16)8-14(15)11-9-18-19(10-11)13-4-6-17-7-5-13/h2-3,8-10,13,17H,4-7H2,1H3. The molecule has 1 aliphatic heterocycles. The molecule has 0 amide bonds. The van der Waals surface area contributed by atoms with Gasteiger partial charge in [0.15, 0.2) is 0 Å². The van der Waals surface area contributed by atoms with Crippen LogP contribution in [-0.2, 0) is 0 Å². The van der Waals surface area contributed by atoms with E-state index in [1.807, 2.05) is 10.9 Å². The van der Waals surface area contributed by atoms with Gasteiger partial charge >= 0.3 is 0 Å². The molecule has 0 atom stereocenters. The molecule has 1 aromatic heterocycles. The van der Waals surface area contributed by atoms with E-state index in [1.165, 1.54) is 12.1 Å². The molecule has 20 heavy (non-hydrogen) atoms. The van der Waals surface area contributed by atoms with E-state index < -0.39 is 0 Å². The fourth-order valence-electron chi connectivity index (χ4n) is 2.65. The van der Waals surface area contributed by atoms with E-state index in [1.54, 1.807) is 19.4 Å². The highest BCUT2D eigenvalue weighted by molar-refractivity contribution is 5.69. The molecule has 0 unspecified atom stereocenters. The summed E-state index contributed by atoms with van der Waals surface area (Å²) in [4.78, 5) is 0. The quantitative estimate of drug-likeness (QED) is 0.936. The van der Waals surface area contributed by atoms with Crippen molar-refractivity contribution < 1.29 is 9.13 Å². The predicted molar refractivity (Wildman–Crippen MR) is 75.3 cm³/mol. The minimum Gasteiger partial charge on any atom is -0.496 e. The molecule has 0 aliphatic carbocycles. The number of piperidine rings is 1. The lowest BCUT2D eigenvalue weighted by Crippen LogP contribution is -2.29. The molecule has 2 aromatic rings. The third kappa shape index (κ3) is 2.54. The van der Waals surface area contributed by atoms with Gasteiger partial charge in [-0.2, -0.15) is 5.10 Å². The molecule has 106 valence electrons. The van der Waals surface area contributed by atoms with E-state index in [9.17, 15) is 4.39 Å². The fourth-order valence-corrected chi connectivity index (χ4v) is 2.65. The molecule has 3 rings (SSSR count). The summed E-state index contributed by atoms with van der Waals surface area (Å²) in [6.07, 6.45) is 5.90. The Hall–Kier alpha value is -1.88. The van der Waals surface area contributed by atoms with Gasteiger partial charge in [-0.25, -0.2) is 4.39 Å². The maximum absolute atomic E-state index is 13.4. The molecule has 2 heterocycles. The van der Waals surface area contributed by atoms with Gasteiger partial charge in [0.05, 0.1) is 19.3 Å². The van der Waals surface area contributed by atoms with E-state index in [-0.39, 0.29) is 5.82 Å². The highest BCUT2D eigenvalue weighted by atomic mass is 19.1. The minimum absolute atomic E-state index is 0.268. The monoisotopic (exact) mass is 275 g/mol. The summed E-state index contributed by atoms with van der Waals surface area (Å²) in [5.41, 5.74) is 1.63. The third-order valence-electron chi connectivity index (χ3n) is 3.76. The first-order valence-electron chi connectivity index (χ1n) is 6.86. The second-order valence-electron chi connectivity index (χ2n) is 5.03. The topological polar surface area (TPSA) is 39.1 Å². The molecule has 4 nitrogen and oxygen atoms in total. The highest BCUT2D eigenvalue weighted by Gasteiger charge is 2.17. The second kappa shape index (κ2) is 5.63. The number of benzene rings is 1. The highest BCUT2D eigenvalue weighted by Crippen LogP contribution is 2.31. The summed E-state index contributed by atoms with van der Waals surface area (Å²) in [5.74, 6) is 0.395. The number of rotatable bonds is 3. The average Bonchev–Trinajstić information content (AvgIpc) is 2.98. The summed E-state index contributed by atoms with van der Waals surface area (Å²) >= 11 is 0. The SMILES string of the molecule is COc1ccc(F)cc1-c1cnn(C2CCNCC2)c1. The lowest BCUT2D eigenvalue weighted by atomic mass is 10.1. The van der Waals surface area contributed by atoms with Crippen LogP contribution < -0.4 is 10.1 Å². The number of ether oxygens (including phenoxy) is 1.